The number of hydrogen-bond acceptors (Lipinski definition) is 3. The summed E-state index contributed by atoms with van der Waals surface area (Å²) in [6.45, 7) is 3.99. The topological polar surface area (TPSA) is 70.7 Å². The first-order chi connectivity index (χ1) is 11.7. The Balaban J connectivity index is 0.00000312. The molecular weight excluding hydrogens is 447 g/mol. The summed E-state index contributed by atoms with van der Waals surface area (Å²) < 4.78 is 0. The van der Waals surface area contributed by atoms with Crippen LogP contribution in [-0.4, -0.2) is 36.4 Å². The Kier molecular flexibility index (Phi) is 10.2. The highest BCUT2D eigenvalue weighted by Crippen LogP contribution is 2.08. The molecule has 7 heteroatoms. The van der Waals surface area contributed by atoms with Gasteiger partial charge in [-0.3, -0.25) is 4.79 Å². The molecule has 0 fully saturated rings. The number of thiophene rings is 1. The first-order valence-corrected chi connectivity index (χ1v) is 8.95. The number of nitrogens with two attached hydrogens (primary N) is 1. The molecule has 0 unspecified atom stereocenters. The molecule has 25 heavy (non-hydrogen) atoms. The van der Waals surface area contributed by atoms with Crippen molar-refractivity contribution in [3.05, 3.63) is 58.3 Å². The number of guanidine groups is 1. The maximum absolute atomic E-state index is 12.3. The number of benzene rings is 1. The Hall–Kier alpha value is -1.61. The van der Waals surface area contributed by atoms with Gasteiger partial charge < -0.3 is 16.0 Å². The summed E-state index contributed by atoms with van der Waals surface area (Å²) in [4.78, 5) is 19.5. The van der Waals surface area contributed by atoms with Crippen LogP contribution in [0, 0.1) is 0 Å². The number of carbonyl (C=O) groups is 1. The van der Waals surface area contributed by atoms with Gasteiger partial charge in [-0.05, 0) is 30.4 Å². The lowest BCUT2D eigenvalue weighted by atomic mass is 10.2. The summed E-state index contributed by atoms with van der Waals surface area (Å²) in [5, 5.41) is 5.10. The van der Waals surface area contributed by atoms with Crippen molar-refractivity contribution < 1.29 is 4.79 Å². The van der Waals surface area contributed by atoms with Gasteiger partial charge in [0.2, 0.25) is 5.91 Å². The lowest BCUT2D eigenvalue weighted by molar-refractivity contribution is -0.130. The largest absolute Gasteiger partial charge is 0.370 e. The highest BCUT2D eigenvalue weighted by molar-refractivity contribution is 14.0. The maximum Gasteiger partial charge on any atom is 0.244 e. The van der Waals surface area contributed by atoms with Crippen molar-refractivity contribution in [1.29, 1.82) is 0 Å². The number of amides is 1. The van der Waals surface area contributed by atoms with Crippen LogP contribution in [0.5, 0.6) is 0 Å². The van der Waals surface area contributed by atoms with Gasteiger partial charge in [0.15, 0.2) is 5.96 Å². The minimum Gasteiger partial charge on any atom is -0.370 e. The van der Waals surface area contributed by atoms with Crippen molar-refractivity contribution in [2.45, 2.75) is 19.9 Å². The van der Waals surface area contributed by atoms with Gasteiger partial charge in [-0.15, -0.1) is 35.3 Å². The zero-order chi connectivity index (χ0) is 17.2. The van der Waals surface area contributed by atoms with Gasteiger partial charge in [0.25, 0.3) is 0 Å². The Morgan fingerprint density at radius 2 is 2.00 bits per heavy atom. The fourth-order valence-electron chi connectivity index (χ4n) is 2.26. The minimum absolute atomic E-state index is 0. The van der Waals surface area contributed by atoms with E-state index in [0.29, 0.717) is 25.6 Å². The number of rotatable bonds is 8. The molecule has 1 aromatic carbocycles. The first kappa shape index (κ1) is 21.4. The Labute approximate surface area is 170 Å². The molecule has 2 rings (SSSR count). The van der Waals surface area contributed by atoms with E-state index in [0.717, 1.165) is 12.0 Å². The zero-order valence-corrected chi connectivity index (χ0v) is 17.5. The van der Waals surface area contributed by atoms with E-state index in [9.17, 15) is 4.79 Å². The van der Waals surface area contributed by atoms with Crippen LogP contribution in [0.1, 0.15) is 17.4 Å². The van der Waals surface area contributed by atoms with Crippen molar-refractivity contribution in [2.24, 2.45) is 10.7 Å². The molecule has 5 nitrogen and oxygen atoms in total. The molecule has 0 aliphatic heterocycles. The molecule has 2 aromatic rings. The fourth-order valence-corrected chi connectivity index (χ4v) is 2.97. The van der Waals surface area contributed by atoms with Crippen LogP contribution in [0.25, 0.3) is 0 Å². The monoisotopic (exact) mass is 472 g/mol. The summed E-state index contributed by atoms with van der Waals surface area (Å²) in [5.41, 5.74) is 6.94. The third kappa shape index (κ3) is 7.87. The van der Waals surface area contributed by atoms with E-state index >= 15 is 0 Å². The lowest BCUT2D eigenvalue weighted by Gasteiger charge is -2.20. The van der Waals surface area contributed by atoms with Crippen molar-refractivity contribution in [2.75, 3.05) is 19.6 Å². The van der Waals surface area contributed by atoms with Gasteiger partial charge in [-0.25, -0.2) is 4.99 Å². The van der Waals surface area contributed by atoms with Gasteiger partial charge in [-0.1, -0.05) is 36.4 Å². The molecule has 0 saturated carbocycles. The standard InChI is InChI=1S/C18H24N4OS.HI/c1-2-22(14-15-7-4-3-5-8-15)17(23)13-21-18(19)20-11-10-16-9-6-12-24-16;/h3-9,12H,2,10-11,13-14H2,1H3,(H3,19,20,21);1H. The second kappa shape index (κ2) is 11.9. The molecule has 0 aliphatic carbocycles. The summed E-state index contributed by atoms with van der Waals surface area (Å²) in [7, 11) is 0. The van der Waals surface area contributed by atoms with Crippen molar-refractivity contribution >= 4 is 47.2 Å². The summed E-state index contributed by atoms with van der Waals surface area (Å²) in [5.74, 6) is 0.292. The average Bonchev–Trinajstić information content (AvgIpc) is 3.12. The third-order valence-electron chi connectivity index (χ3n) is 3.59. The number of carbonyl (C=O) groups excluding carboxylic acids is 1. The van der Waals surface area contributed by atoms with Crippen LogP contribution < -0.4 is 11.1 Å². The van der Waals surface area contributed by atoms with E-state index in [1.54, 1.807) is 16.2 Å². The lowest BCUT2D eigenvalue weighted by Crippen LogP contribution is -2.36. The van der Waals surface area contributed by atoms with E-state index in [2.05, 4.69) is 21.8 Å². The molecule has 1 heterocycles. The second-order valence-electron chi connectivity index (χ2n) is 5.35. The van der Waals surface area contributed by atoms with Gasteiger partial charge in [0, 0.05) is 24.5 Å². The normalized spacial score (nSPS) is 10.8. The van der Waals surface area contributed by atoms with Crippen LogP contribution in [0.15, 0.2) is 52.8 Å². The number of aliphatic imine (C=N–C) groups is 1. The zero-order valence-electron chi connectivity index (χ0n) is 14.4. The predicted molar refractivity (Wildman–Crippen MR) is 115 cm³/mol. The van der Waals surface area contributed by atoms with Crippen LogP contribution in [0.4, 0.5) is 0 Å². The molecule has 0 radical (unpaired) electrons. The van der Waals surface area contributed by atoms with Gasteiger partial charge in [-0.2, -0.15) is 0 Å². The van der Waals surface area contributed by atoms with Crippen LogP contribution in [-0.2, 0) is 17.8 Å². The summed E-state index contributed by atoms with van der Waals surface area (Å²) in [6, 6.07) is 14.1. The predicted octanol–water partition coefficient (Wildman–Crippen LogP) is 2.86. The Morgan fingerprint density at radius 3 is 2.64 bits per heavy atom. The van der Waals surface area contributed by atoms with E-state index in [1.165, 1.54) is 4.88 Å². The number of likely N-dealkylation sites (N-methyl/N-ethyl adjacent to an activating group) is 1. The smallest absolute Gasteiger partial charge is 0.244 e. The highest BCUT2D eigenvalue weighted by atomic mass is 127. The molecule has 0 atom stereocenters. The molecule has 1 amide bonds. The Bertz CT molecular complexity index is 646. The van der Waals surface area contributed by atoms with E-state index < -0.39 is 0 Å². The first-order valence-electron chi connectivity index (χ1n) is 8.07. The number of nitrogens with one attached hydrogen (secondary N) is 1. The maximum atomic E-state index is 12.3. The average molecular weight is 472 g/mol. The van der Waals surface area contributed by atoms with Gasteiger partial charge >= 0.3 is 0 Å². The SMILES string of the molecule is CCN(Cc1ccccc1)C(=O)CN=C(N)NCCc1cccs1.I. The van der Waals surface area contributed by atoms with Crippen LogP contribution in [0.2, 0.25) is 0 Å². The fraction of sp³-hybridized carbons (Fsp3) is 0.333. The molecule has 1 aromatic heterocycles. The van der Waals surface area contributed by atoms with E-state index in [-0.39, 0.29) is 36.4 Å². The number of hydrogen-bond donors (Lipinski definition) is 2. The highest BCUT2D eigenvalue weighted by Gasteiger charge is 2.11. The second-order valence-corrected chi connectivity index (χ2v) is 6.38. The number of nitrogens with zero attached hydrogens (tertiary/aromatic N) is 2. The minimum atomic E-state index is -0.0237. The number of halogens is 1. The molecule has 0 saturated heterocycles. The Morgan fingerprint density at radius 1 is 1.24 bits per heavy atom. The quantitative estimate of drug-likeness (QED) is 0.353. The molecule has 136 valence electrons. The van der Waals surface area contributed by atoms with Crippen LogP contribution >= 0.6 is 35.3 Å². The molecule has 3 N–H and O–H groups in total. The van der Waals surface area contributed by atoms with Gasteiger partial charge in [0.05, 0.1) is 0 Å². The molecule has 0 bridgehead atoms. The van der Waals surface area contributed by atoms with Crippen molar-refractivity contribution in [1.82, 2.24) is 10.2 Å². The third-order valence-corrected chi connectivity index (χ3v) is 4.53. The van der Waals surface area contributed by atoms with E-state index in [1.807, 2.05) is 43.3 Å². The summed E-state index contributed by atoms with van der Waals surface area (Å²) >= 11 is 1.72. The van der Waals surface area contributed by atoms with Crippen molar-refractivity contribution in [3.8, 4) is 0 Å². The molecule has 0 spiro atoms. The molecular formula is C18H25IN4OS. The van der Waals surface area contributed by atoms with Gasteiger partial charge in [0.1, 0.15) is 6.54 Å². The summed E-state index contributed by atoms with van der Waals surface area (Å²) in [6.07, 6.45) is 0.900. The van der Waals surface area contributed by atoms with Crippen LogP contribution in [0.3, 0.4) is 0 Å². The van der Waals surface area contributed by atoms with E-state index in [4.69, 9.17) is 5.73 Å². The molecule has 0 aliphatic rings. The van der Waals surface area contributed by atoms with Crippen molar-refractivity contribution in [3.63, 3.8) is 0 Å².